The molecule has 2 aromatic rings. The highest BCUT2D eigenvalue weighted by Crippen LogP contribution is 2.25. The summed E-state index contributed by atoms with van der Waals surface area (Å²) in [5.41, 5.74) is 4.33. The highest BCUT2D eigenvalue weighted by molar-refractivity contribution is 6.34. The average molecular weight is 277 g/mol. The Morgan fingerprint density at radius 1 is 1.32 bits per heavy atom. The normalized spacial score (nSPS) is 10.1. The predicted octanol–water partition coefficient (Wildman–Crippen LogP) is 2.58. The summed E-state index contributed by atoms with van der Waals surface area (Å²) in [6.07, 6.45) is 1.44. The number of nitrogens with one attached hydrogen (secondary N) is 2. The van der Waals surface area contributed by atoms with Gasteiger partial charge in [-0.3, -0.25) is 4.79 Å². The van der Waals surface area contributed by atoms with E-state index in [0.29, 0.717) is 22.1 Å². The maximum Gasteiger partial charge on any atom is 0.257 e. The number of nitrogen functional groups attached to an aromatic ring is 1. The van der Waals surface area contributed by atoms with Crippen LogP contribution in [0.4, 0.5) is 11.5 Å². The van der Waals surface area contributed by atoms with Crippen LogP contribution in [0.15, 0.2) is 36.5 Å². The van der Waals surface area contributed by atoms with Gasteiger partial charge in [-0.15, -0.1) is 0 Å². The predicted molar refractivity (Wildman–Crippen MR) is 76.2 cm³/mol. The van der Waals surface area contributed by atoms with Crippen LogP contribution in [0.5, 0.6) is 0 Å². The zero-order chi connectivity index (χ0) is 13.8. The van der Waals surface area contributed by atoms with Crippen molar-refractivity contribution in [2.45, 2.75) is 6.92 Å². The molecule has 0 fully saturated rings. The Morgan fingerprint density at radius 2 is 2.11 bits per heavy atom. The largest absolute Gasteiger partial charge is 0.320 e. The number of anilines is 2. The van der Waals surface area contributed by atoms with Crippen LogP contribution in [0.1, 0.15) is 15.9 Å². The zero-order valence-corrected chi connectivity index (χ0v) is 11.0. The number of carbonyl (C=O) groups excluding carboxylic acids is 1. The number of pyridine rings is 1. The molecular weight excluding hydrogens is 264 g/mol. The molecule has 1 aromatic heterocycles. The molecular formula is C13H13ClN4O. The minimum Gasteiger partial charge on any atom is -0.320 e. The number of halogens is 1. The molecule has 0 aliphatic heterocycles. The molecule has 5 nitrogen and oxygen atoms in total. The van der Waals surface area contributed by atoms with Gasteiger partial charge in [0.25, 0.3) is 5.91 Å². The SMILES string of the molecule is Cc1cccc(Cl)c1NC(=O)c1ccc(NN)nc1. The number of benzene rings is 1. The van der Waals surface area contributed by atoms with Gasteiger partial charge in [-0.2, -0.15) is 0 Å². The Morgan fingerprint density at radius 3 is 2.68 bits per heavy atom. The molecule has 1 heterocycles. The second-order valence-corrected chi connectivity index (χ2v) is 4.37. The lowest BCUT2D eigenvalue weighted by Gasteiger charge is -2.10. The molecule has 98 valence electrons. The van der Waals surface area contributed by atoms with Crippen molar-refractivity contribution in [1.82, 2.24) is 4.98 Å². The number of aromatic nitrogens is 1. The Labute approximate surface area is 115 Å². The summed E-state index contributed by atoms with van der Waals surface area (Å²) in [6, 6.07) is 8.68. The molecule has 1 aromatic carbocycles. The Bertz CT molecular complexity index is 578. The number of hydrogen-bond acceptors (Lipinski definition) is 4. The van der Waals surface area contributed by atoms with Gasteiger partial charge in [0.05, 0.1) is 16.3 Å². The van der Waals surface area contributed by atoms with Gasteiger partial charge >= 0.3 is 0 Å². The summed E-state index contributed by atoms with van der Waals surface area (Å²) in [4.78, 5) is 16.0. The van der Waals surface area contributed by atoms with Gasteiger partial charge in [-0.1, -0.05) is 23.7 Å². The highest BCUT2D eigenvalue weighted by atomic mass is 35.5. The van der Waals surface area contributed by atoms with Gasteiger partial charge in [0.2, 0.25) is 0 Å². The summed E-state index contributed by atoms with van der Waals surface area (Å²) in [5, 5.41) is 3.27. The van der Waals surface area contributed by atoms with Crippen molar-refractivity contribution in [3.63, 3.8) is 0 Å². The highest BCUT2D eigenvalue weighted by Gasteiger charge is 2.10. The summed E-state index contributed by atoms with van der Waals surface area (Å²) >= 11 is 6.05. The van der Waals surface area contributed by atoms with E-state index in [2.05, 4.69) is 15.7 Å². The van der Waals surface area contributed by atoms with Crippen molar-refractivity contribution in [2.75, 3.05) is 10.7 Å². The van der Waals surface area contributed by atoms with Crippen molar-refractivity contribution in [3.8, 4) is 0 Å². The third kappa shape index (κ3) is 3.01. The van der Waals surface area contributed by atoms with E-state index in [0.717, 1.165) is 5.56 Å². The third-order valence-electron chi connectivity index (χ3n) is 2.63. The molecule has 0 bridgehead atoms. The molecule has 0 saturated carbocycles. The molecule has 0 saturated heterocycles. The van der Waals surface area contributed by atoms with E-state index in [9.17, 15) is 4.79 Å². The number of nitrogens with zero attached hydrogens (tertiary/aromatic N) is 1. The lowest BCUT2D eigenvalue weighted by atomic mass is 10.2. The van der Waals surface area contributed by atoms with E-state index in [1.165, 1.54) is 6.20 Å². The summed E-state index contributed by atoms with van der Waals surface area (Å²) < 4.78 is 0. The summed E-state index contributed by atoms with van der Waals surface area (Å²) in [7, 11) is 0. The van der Waals surface area contributed by atoms with Gasteiger partial charge in [0.1, 0.15) is 5.82 Å². The topological polar surface area (TPSA) is 80.0 Å². The quantitative estimate of drug-likeness (QED) is 0.595. The molecule has 19 heavy (non-hydrogen) atoms. The number of para-hydroxylation sites is 1. The molecule has 4 N–H and O–H groups in total. The van der Waals surface area contributed by atoms with E-state index >= 15 is 0 Å². The average Bonchev–Trinajstić information content (AvgIpc) is 2.43. The second-order valence-electron chi connectivity index (χ2n) is 3.96. The van der Waals surface area contributed by atoms with Crippen molar-refractivity contribution >= 4 is 29.0 Å². The zero-order valence-electron chi connectivity index (χ0n) is 10.3. The van der Waals surface area contributed by atoms with Gasteiger partial charge in [-0.05, 0) is 30.7 Å². The maximum absolute atomic E-state index is 12.1. The molecule has 1 amide bonds. The van der Waals surface area contributed by atoms with E-state index in [1.54, 1.807) is 18.2 Å². The number of carbonyl (C=O) groups is 1. The fraction of sp³-hybridized carbons (Fsp3) is 0.0769. The van der Waals surface area contributed by atoms with E-state index in [4.69, 9.17) is 17.4 Å². The van der Waals surface area contributed by atoms with Crippen molar-refractivity contribution < 1.29 is 4.79 Å². The minimum absolute atomic E-state index is 0.271. The number of aryl methyl sites for hydroxylation is 1. The van der Waals surface area contributed by atoms with Gasteiger partial charge in [0.15, 0.2) is 0 Å². The molecule has 0 atom stereocenters. The molecule has 6 heteroatoms. The van der Waals surface area contributed by atoms with Crippen LogP contribution in [-0.2, 0) is 0 Å². The fourth-order valence-corrected chi connectivity index (χ4v) is 1.86. The lowest BCUT2D eigenvalue weighted by Crippen LogP contribution is -2.14. The maximum atomic E-state index is 12.1. The summed E-state index contributed by atoms with van der Waals surface area (Å²) in [5.74, 6) is 5.43. The number of hydrazine groups is 1. The molecule has 0 aliphatic carbocycles. The van der Waals surface area contributed by atoms with Crippen LogP contribution < -0.4 is 16.6 Å². The van der Waals surface area contributed by atoms with Crippen LogP contribution in [0.25, 0.3) is 0 Å². The Balaban J connectivity index is 2.20. The van der Waals surface area contributed by atoms with Crippen LogP contribution in [0.3, 0.4) is 0 Å². The van der Waals surface area contributed by atoms with Crippen LogP contribution in [-0.4, -0.2) is 10.9 Å². The standard InChI is InChI=1S/C13H13ClN4O/c1-8-3-2-4-10(14)12(8)17-13(19)9-5-6-11(18-15)16-7-9/h2-7H,15H2,1H3,(H,16,18)(H,17,19). The molecule has 0 unspecified atom stereocenters. The molecule has 2 rings (SSSR count). The molecule has 0 spiro atoms. The number of nitrogens with two attached hydrogens (primary N) is 1. The summed E-state index contributed by atoms with van der Waals surface area (Å²) in [6.45, 7) is 1.88. The number of rotatable bonds is 3. The van der Waals surface area contributed by atoms with Crippen molar-refractivity contribution in [2.24, 2.45) is 5.84 Å². The molecule has 0 radical (unpaired) electrons. The lowest BCUT2D eigenvalue weighted by molar-refractivity contribution is 0.102. The molecule has 0 aliphatic rings. The van der Waals surface area contributed by atoms with E-state index in [-0.39, 0.29) is 5.91 Å². The number of amides is 1. The minimum atomic E-state index is -0.271. The first-order valence-corrected chi connectivity index (χ1v) is 5.98. The van der Waals surface area contributed by atoms with Crippen LogP contribution in [0.2, 0.25) is 5.02 Å². The Hall–Kier alpha value is -2.11. The van der Waals surface area contributed by atoms with Crippen molar-refractivity contribution in [1.29, 1.82) is 0 Å². The monoisotopic (exact) mass is 276 g/mol. The first-order valence-electron chi connectivity index (χ1n) is 5.61. The van der Waals surface area contributed by atoms with Gasteiger partial charge < -0.3 is 10.7 Å². The smallest absolute Gasteiger partial charge is 0.257 e. The van der Waals surface area contributed by atoms with Crippen LogP contribution >= 0.6 is 11.6 Å². The van der Waals surface area contributed by atoms with Gasteiger partial charge in [0, 0.05) is 6.20 Å². The van der Waals surface area contributed by atoms with E-state index in [1.807, 2.05) is 19.1 Å². The van der Waals surface area contributed by atoms with E-state index < -0.39 is 0 Å². The van der Waals surface area contributed by atoms with Gasteiger partial charge in [-0.25, -0.2) is 10.8 Å². The van der Waals surface area contributed by atoms with Crippen LogP contribution in [0, 0.1) is 6.92 Å². The fourth-order valence-electron chi connectivity index (χ4n) is 1.59. The number of hydrogen-bond donors (Lipinski definition) is 3. The second kappa shape index (κ2) is 5.69. The Kier molecular flexibility index (Phi) is 3.99. The first kappa shape index (κ1) is 13.3. The third-order valence-corrected chi connectivity index (χ3v) is 2.95. The van der Waals surface area contributed by atoms with Crippen molar-refractivity contribution in [3.05, 3.63) is 52.7 Å². The first-order chi connectivity index (χ1) is 9.11.